The maximum atomic E-state index is 12.4. The Morgan fingerprint density at radius 3 is 2.08 bits per heavy atom. The molecule has 1 aliphatic rings. The molecule has 25 heavy (non-hydrogen) atoms. The van der Waals surface area contributed by atoms with Gasteiger partial charge in [0.15, 0.2) is 0 Å². The van der Waals surface area contributed by atoms with E-state index in [1.165, 1.54) is 0 Å². The van der Waals surface area contributed by atoms with Crippen molar-refractivity contribution in [2.45, 2.75) is 63.6 Å². The van der Waals surface area contributed by atoms with Gasteiger partial charge in [0.1, 0.15) is 0 Å². The van der Waals surface area contributed by atoms with Crippen LogP contribution in [0.2, 0.25) is 0 Å². The third-order valence-electron chi connectivity index (χ3n) is 5.04. The summed E-state index contributed by atoms with van der Waals surface area (Å²) in [6.07, 6.45) is 5.58. The highest BCUT2D eigenvalue weighted by Crippen LogP contribution is 2.32. The number of hydrogen-bond acceptors (Lipinski definition) is 5. The monoisotopic (exact) mass is 359 g/mol. The van der Waals surface area contributed by atoms with E-state index in [1.54, 1.807) is 14.2 Å². The molecule has 0 aromatic heterocycles. The van der Waals surface area contributed by atoms with Gasteiger partial charge in [0.2, 0.25) is 5.91 Å². The van der Waals surface area contributed by atoms with Gasteiger partial charge in [0.25, 0.3) is 0 Å². The van der Waals surface area contributed by atoms with Crippen LogP contribution in [0.4, 0.5) is 0 Å². The zero-order valence-electron chi connectivity index (χ0n) is 15.4. The summed E-state index contributed by atoms with van der Waals surface area (Å²) in [5.74, 6) is -0.976. The van der Waals surface area contributed by atoms with Crippen molar-refractivity contribution >= 4 is 11.9 Å². The smallest absolute Gasteiger partial charge is 0.303 e. The molecular formula is C18H33NO6. The third-order valence-corrected chi connectivity index (χ3v) is 5.04. The number of carbonyl (C=O) groups is 2. The molecule has 7 heteroatoms. The highest BCUT2D eigenvalue weighted by atomic mass is 16.5. The van der Waals surface area contributed by atoms with Crippen LogP contribution in [0.15, 0.2) is 0 Å². The van der Waals surface area contributed by atoms with Crippen LogP contribution in [-0.4, -0.2) is 61.7 Å². The fourth-order valence-electron chi connectivity index (χ4n) is 3.52. The predicted octanol–water partition coefficient (Wildman–Crippen LogP) is 1.58. The molecule has 7 nitrogen and oxygen atoms in total. The minimum absolute atomic E-state index is 0.00672. The van der Waals surface area contributed by atoms with Gasteiger partial charge in [0, 0.05) is 39.0 Å². The molecule has 0 heterocycles. The molecule has 1 rings (SSSR count). The van der Waals surface area contributed by atoms with E-state index in [1.807, 2.05) is 0 Å². The summed E-state index contributed by atoms with van der Waals surface area (Å²) in [5.41, 5.74) is 0. The summed E-state index contributed by atoms with van der Waals surface area (Å²) in [6.45, 7) is 0.625. The van der Waals surface area contributed by atoms with Gasteiger partial charge in [-0.25, -0.2) is 0 Å². The molecule has 0 aromatic carbocycles. The summed E-state index contributed by atoms with van der Waals surface area (Å²) < 4.78 is 10.9. The van der Waals surface area contributed by atoms with E-state index in [2.05, 4.69) is 5.32 Å². The molecular weight excluding hydrogens is 326 g/mol. The Balaban J connectivity index is 2.24. The quantitative estimate of drug-likeness (QED) is 0.457. The molecule has 0 spiro atoms. The lowest BCUT2D eigenvalue weighted by Crippen LogP contribution is -2.47. The normalized spacial score (nSPS) is 26.4. The predicted molar refractivity (Wildman–Crippen MR) is 93.2 cm³/mol. The highest BCUT2D eigenvalue weighted by molar-refractivity contribution is 5.78. The summed E-state index contributed by atoms with van der Waals surface area (Å²) in [6, 6.07) is 0. The van der Waals surface area contributed by atoms with Gasteiger partial charge < -0.3 is 25.0 Å². The van der Waals surface area contributed by atoms with Crippen molar-refractivity contribution in [3.63, 3.8) is 0 Å². The van der Waals surface area contributed by atoms with E-state index in [0.29, 0.717) is 25.8 Å². The summed E-state index contributed by atoms with van der Waals surface area (Å²) in [4.78, 5) is 22.8. The molecule has 146 valence electrons. The van der Waals surface area contributed by atoms with E-state index in [-0.39, 0.29) is 43.0 Å². The van der Waals surface area contributed by atoms with E-state index in [9.17, 15) is 14.7 Å². The number of ether oxygens (including phenoxy) is 2. The van der Waals surface area contributed by atoms with Gasteiger partial charge in [-0.3, -0.25) is 9.59 Å². The number of aliphatic carboxylic acids is 1. The van der Waals surface area contributed by atoms with Crippen molar-refractivity contribution in [2.24, 2.45) is 11.8 Å². The summed E-state index contributed by atoms with van der Waals surface area (Å²) in [5, 5.41) is 21.1. The molecule has 1 amide bonds. The number of amides is 1. The largest absolute Gasteiger partial charge is 0.481 e. The van der Waals surface area contributed by atoms with E-state index in [0.717, 1.165) is 25.7 Å². The van der Waals surface area contributed by atoms with Crippen molar-refractivity contribution < 1.29 is 29.3 Å². The van der Waals surface area contributed by atoms with Gasteiger partial charge in [-0.05, 0) is 25.7 Å². The minimum Gasteiger partial charge on any atom is -0.481 e. The maximum absolute atomic E-state index is 12.4. The van der Waals surface area contributed by atoms with Crippen molar-refractivity contribution in [3.05, 3.63) is 0 Å². The topological polar surface area (TPSA) is 105 Å². The summed E-state index contributed by atoms with van der Waals surface area (Å²) in [7, 11) is 3.20. The first kappa shape index (κ1) is 21.9. The van der Waals surface area contributed by atoms with Crippen LogP contribution in [0.25, 0.3) is 0 Å². The Morgan fingerprint density at radius 1 is 1.00 bits per heavy atom. The third kappa shape index (κ3) is 7.71. The van der Waals surface area contributed by atoms with Crippen molar-refractivity contribution in [1.29, 1.82) is 0 Å². The number of aliphatic hydroxyl groups excluding tert-OH is 1. The Hall–Kier alpha value is -1.18. The van der Waals surface area contributed by atoms with Gasteiger partial charge >= 0.3 is 5.97 Å². The first-order chi connectivity index (χ1) is 12.0. The van der Waals surface area contributed by atoms with Crippen molar-refractivity contribution in [2.75, 3.05) is 27.4 Å². The van der Waals surface area contributed by atoms with Crippen LogP contribution in [0, 0.1) is 11.8 Å². The number of carboxylic acid groups (broad SMARTS) is 1. The zero-order chi connectivity index (χ0) is 18.7. The number of carbonyl (C=O) groups excluding carboxylic acids is 1. The highest BCUT2D eigenvalue weighted by Gasteiger charge is 2.40. The molecule has 0 aromatic rings. The lowest BCUT2D eigenvalue weighted by atomic mass is 9.77. The number of methoxy groups -OCH3 is 2. The molecule has 2 unspecified atom stereocenters. The van der Waals surface area contributed by atoms with Gasteiger partial charge in [0.05, 0.1) is 18.8 Å². The number of nitrogens with one attached hydrogen (secondary N) is 1. The zero-order valence-corrected chi connectivity index (χ0v) is 15.4. The van der Waals surface area contributed by atoms with Gasteiger partial charge in [-0.1, -0.05) is 19.3 Å². The molecule has 0 bridgehead atoms. The van der Waals surface area contributed by atoms with Crippen LogP contribution in [0.1, 0.15) is 51.4 Å². The second-order valence-electron chi connectivity index (χ2n) is 6.77. The molecule has 1 aliphatic carbocycles. The average Bonchev–Trinajstić information content (AvgIpc) is 2.61. The SMILES string of the molecule is COC1CC(C(=O)NCCCCCCCC(=O)O)CC(OC)C1CO. The number of unbranched alkanes of at least 4 members (excludes halogenated alkanes) is 4. The summed E-state index contributed by atoms with van der Waals surface area (Å²) >= 11 is 0. The number of rotatable bonds is 12. The van der Waals surface area contributed by atoms with Gasteiger partial charge in [-0.15, -0.1) is 0 Å². The molecule has 0 radical (unpaired) electrons. The molecule has 2 atom stereocenters. The fraction of sp³-hybridized carbons (Fsp3) is 0.889. The van der Waals surface area contributed by atoms with Crippen LogP contribution in [0.3, 0.4) is 0 Å². The van der Waals surface area contributed by atoms with Crippen molar-refractivity contribution in [1.82, 2.24) is 5.32 Å². The van der Waals surface area contributed by atoms with Crippen LogP contribution in [-0.2, 0) is 19.1 Å². The van der Waals surface area contributed by atoms with E-state index < -0.39 is 5.97 Å². The Kier molecular flexibility index (Phi) is 10.7. The fourth-order valence-corrected chi connectivity index (χ4v) is 3.52. The van der Waals surface area contributed by atoms with E-state index >= 15 is 0 Å². The van der Waals surface area contributed by atoms with Gasteiger partial charge in [-0.2, -0.15) is 0 Å². The lowest BCUT2D eigenvalue weighted by Gasteiger charge is -2.39. The number of hydrogen-bond donors (Lipinski definition) is 3. The van der Waals surface area contributed by atoms with Crippen LogP contribution < -0.4 is 5.32 Å². The van der Waals surface area contributed by atoms with E-state index in [4.69, 9.17) is 14.6 Å². The maximum Gasteiger partial charge on any atom is 0.303 e. The average molecular weight is 359 g/mol. The Morgan fingerprint density at radius 2 is 1.56 bits per heavy atom. The lowest BCUT2D eigenvalue weighted by molar-refractivity contribution is -0.138. The second kappa shape index (κ2) is 12.2. The molecule has 1 fully saturated rings. The number of carboxylic acids is 1. The molecule has 3 N–H and O–H groups in total. The molecule has 1 saturated carbocycles. The molecule has 0 aliphatic heterocycles. The van der Waals surface area contributed by atoms with Crippen LogP contribution in [0.5, 0.6) is 0 Å². The number of aliphatic hydroxyl groups is 1. The second-order valence-corrected chi connectivity index (χ2v) is 6.77. The molecule has 0 saturated heterocycles. The first-order valence-corrected chi connectivity index (χ1v) is 9.19. The minimum atomic E-state index is -0.744. The van der Waals surface area contributed by atoms with Crippen molar-refractivity contribution in [3.8, 4) is 0 Å². The first-order valence-electron chi connectivity index (χ1n) is 9.19. The Bertz CT molecular complexity index is 389. The standard InChI is InChI=1S/C18H33NO6/c1-24-15-10-13(11-16(25-2)14(15)12-20)18(23)19-9-7-5-3-4-6-8-17(21)22/h13-16,20H,3-12H2,1-2H3,(H,19,23)(H,21,22). The Labute approximate surface area is 150 Å². The van der Waals surface area contributed by atoms with Crippen LogP contribution >= 0.6 is 0 Å².